The Hall–Kier alpha value is -2.72. The van der Waals surface area contributed by atoms with Crippen molar-refractivity contribution in [2.24, 2.45) is 0 Å². The maximum atomic E-state index is 4.41. The molecule has 0 aliphatic rings. The predicted molar refractivity (Wildman–Crippen MR) is 120 cm³/mol. The fourth-order valence-corrected chi connectivity index (χ4v) is 3.73. The molecule has 2 aromatic carbocycles. The molecule has 0 aliphatic heterocycles. The van der Waals surface area contributed by atoms with Gasteiger partial charge in [-0.05, 0) is 30.1 Å². The Morgan fingerprint density at radius 1 is 0.833 bits per heavy atom. The van der Waals surface area contributed by atoms with Crippen molar-refractivity contribution in [3.05, 3.63) is 102 Å². The second-order valence-electron chi connectivity index (χ2n) is 6.58. The number of aryl methyl sites for hydroxylation is 2. The zero-order valence-corrected chi connectivity index (χ0v) is 19.8. The Morgan fingerprint density at radius 3 is 2.47 bits per heavy atom. The van der Waals surface area contributed by atoms with E-state index in [1.54, 1.807) is 17.7 Å². The van der Waals surface area contributed by atoms with E-state index in [-0.39, 0.29) is 20.1 Å². The third-order valence-corrected chi connectivity index (χ3v) is 5.25. The quantitative estimate of drug-likeness (QED) is 0.228. The fraction of sp³-hybridized carbons (Fsp3) is 0.0800. The Balaban J connectivity index is 0.000000169. The van der Waals surface area contributed by atoms with Crippen molar-refractivity contribution in [2.75, 3.05) is 0 Å². The van der Waals surface area contributed by atoms with E-state index in [0.717, 1.165) is 38.4 Å². The van der Waals surface area contributed by atoms with Gasteiger partial charge in [0, 0.05) is 36.2 Å². The van der Waals surface area contributed by atoms with Crippen LogP contribution < -0.4 is 0 Å². The van der Waals surface area contributed by atoms with Gasteiger partial charge in [-0.15, -0.1) is 71.3 Å². The summed E-state index contributed by atoms with van der Waals surface area (Å²) in [6, 6.07) is 28.4. The maximum Gasteiger partial charge on any atom is 0.106 e. The maximum absolute atomic E-state index is 4.41. The van der Waals surface area contributed by atoms with E-state index in [0.29, 0.717) is 0 Å². The van der Waals surface area contributed by atoms with Gasteiger partial charge in [-0.2, -0.15) is 11.3 Å². The van der Waals surface area contributed by atoms with Gasteiger partial charge in [-0.1, -0.05) is 19.1 Å². The first-order chi connectivity index (χ1) is 14.2. The van der Waals surface area contributed by atoms with Crippen LogP contribution in [0.1, 0.15) is 11.3 Å². The minimum Gasteiger partial charge on any atom is -0.302 e. The van der Waals surface area contributed by atoms with Crippen molar-refractivity contribution in [1.29, 1.82) is 0 Å². The van der Waals surface area contributed by atoms with Crippen LogP contribution >= 0.6 is 11.3 Å². The predicted octanol–water partition coefficient (Wildman–Crippen LogP) is 6.32. The molecule has 0 unspecified atom stereocenters. The molecule has 3 aromatic heterocycles. The number of hydrogen-bond acceptors (Lipinski definition) is 4. The van der Waals surface area contributed by atoms with Gasteiger partial charge in [0.05, 0.1) is 5.52 Å². The molecule has 0 N–H and O–H groups in total. The smallest absolute Gasteiger partial charge is 0.106 e. The minimum absolute atomic E-state index is 0. The molecule has 5 aromatic rings. The van der Waals surface area contributed by atoms with Crippen LogP contribution in [0.3, 0.4) is 0 Å². The zero-order valence-electron chi connectivity index (χ0n) is 16.6. The average molecular weight is 586 g/mol. The molecule has 1 radical (unpaired) electrons. The number of thiophene rings is 1. The SMILES string of the molecule is Cc1c[c-]c(-c2ncnc3ccsc23)cc1.Cc1cccc(-c2[c-]cccc2)n1.[Ir]. The number of nitrogens with zero attached hydrogens (tertiary/aromatic N) is 3. The number of rotatable bonds is 2. The molecule has 0 atom stereocenters. The number of benzene rings is 2. The van der Waals surface area contributed by atoms with Gasteiger partial charge in [0.15, 0.2) is 0 Å². The molecule has 0 saturated heterocycles. The van der Waals surface area contributed by atoms with Crippen LogP contribution in [-0.2, 0) is 20.1 Å². The van der Waals surface area contributed by atoms with E-state index in [9.17, 15) is 0 Å². The molecule has 0 bridgehead atoms. The average Bonchev–Trinajstić information content (AvgIpc) is 3.25. The summed E-state index contributed by atoms with van der Waals surface area (Å²) in [4.78, 5) is 13.0. The Bertz CT molecular complexity index is 1220. The second kappa shape index (κ2) is 10.4. The van der Waals surface area contributed by atoms with Crippen LogP contribution in [0.5, 0.6) is 0 Å². The number of hydrogen-bond donors (Lipinski definition) is 0. The number of fused-ring (bicyclic) bond motifs is 1. The number of pyridine rings is 1. The topological polar surface area (TPSA) is 38.7 Å². The standard InChI is InChI=1S/C13H9N2S.C12H10N.Ir/c1-9-2-4-10(5-3-9)12-13-11(6-7-16-13)14-8-15-12;1-10-6-5-9-12(13-10)11-7-3-2-4-8-11;/h2-4,6-8H,1H3;2-7,9H,1H3;/q2*-1;. The van der Waals surface area contributed by atoms with Crippen molar-refractivity contribution in [3.8, 4) is 22.5 Å². The first-order valence-electron chi connectivity index (χ1n) is 9.28. The molecule has 30 heavy (non-hydrogen) atoms. The van der Waals surface area contributed by atoms with Crippen molar-refractivity contribution in [1.82, 2.24) is 15.0 Å². The second-order valence-corrected chi connectivity index (χ2v) is 7.49. The molecule has 0 amide bonds. The molecular formula is C25H19IrN3S-2. The van der Waals surface area contributed by atoms with Gasteiger partial charge in [0.1, 0.15) is 6.33 Å². The molecule has 5 heteroatoms. The summed E-state index contributed by atoms with van der Waals surface area (Å²) in [6.07, 6.45) is 1.61. The minimum atomic E-state index is 0. The van der Waals surface area contributed by atoms with Crippen molar-refractivity contribution in [3.63, 3.8) is 0 Å². The van der Waals surface area contributed by atoms with Crippen molar-refractivity contribution >= 4 is 21.6 Å². The third kappa shape index (κ3) is 5.25. The van der Waals surface area contributed by atoms with E-state index in [2.05, 4.69) is 46.1 Å². The molecule has 0 aliphatic carbocycles. The van der Waals surface area contributed by atoms with Gasteiger partial charge in [0.25, 0.3) is 0 Å². The summed E-state index contributed by atoms with van der Waals surface area (Å²) in [5, 5.41) is 2.04. The first kappa shape index (κ1) is 22.0. The molecule has 0 saturated carbocycles. The van der Waals surface area contributed by atoms with E-state index in [1.807, 2.05) is 66.9 Å². The fourth-order valence-electron chi connectivity index (χ4n) is 2.88. The van der Waals surface area contributed by atoms with Crippen molar-refractivity contribution < 1.29 is 20.1 Å². The summed E-state index contributed by atoms with van der Waals surface area (Å²) in [5.41, 5.74) is 7.28. The molecule has 151 valence electrons. The Labute approximate surface area is 194 Å². The van der Waals surface area contributed by atoms with E-state index in [4.69, 9.17) is 0 Å². The molecule has 3 heterocycles. The van der Waals surface area contributed by atoms with Crippen LogP contribution in [-0.4, -0.2) is 15.0 Å². The molecule has 0 spiro atoms. The summed E-state index contributed by atoms with van der Waals surface area (Å²) in [7, 11) is 0. The molecule has 0 fully saturated rings. The monoisotopic (exact) mass is 586 g/mol. The van der Waals surface area contributed by atoms with Crippen LogP contribution in [0.2, 0.25) is 0 Å². The Morgan fingerprint density at radius 2 is 1.73 bits per heavy atom. The summed E-state index contributed by atoms with van der Waals surface area (Å²) in [6.45, 7) is 4.05. The van der Waals surface area contributed by atoms with Gasteiger partial charge >= 0.3 is 0 Å². The molecular weight excluding hydrogens is 567 g/mol. The van der Waals surface area contributed by atoms with Gasteiger partial charge in [-0.3, -0.25) is 4.98 Å². The van der Waals surface area contributed by atoms with E-state index in [1.165, 1.54) is 5.56 Å². The summed E-state index contributed by atoms with van der Waals surface area (Å²) < 4.78 is 1.13. The largest absolute Gasteiger partial charge is 0.302 e. The first-order valence-corrected chi connectivity index (χ1v) is 10.2. The van der Waals surface area contributed by atoms with E-state index < -0.39 is 0 Å². The molecule has 3 nitrogen and oxygen atoms in total. The van der Waals surface area contributed by atoms with Gasteiger partial charge in [-0.25, -0.2) is 4.98 Å². The summed E-state index contributed by atoms with van der Waals surface area (Å²) in [5.74, 6) is 0. The number of aromatic nitrogens is 3. The van der Waals surface area contributed by atoms with Crippen LogP contribution in [0.15, 0.2) is 78.4 Å². The van der Waals surface area contributed by atoms with Gasteiger partial charge < -0.3 is 4.98 Å². The molecule has 5 rings (SSSR count). The van der Waals surface area contributed by atoms with Crippen LogP contribution in [0.4, 0.5) is 0 Å². The zero-order chi connectivity index (χ0) is 20.1. The third-order valence-electron chi connectivity index (χ3n) is 4.34. The van der Waals surface area contributed by atoms with E-state index >= 15 is 0 Å². The normalized spacial score (nSPS) is 10.1. The van der Waals surface area contributed by atoms with Crippen molar-refractivity contribution in [2.45, 2.75) is 13.8 Å². The van der Waals surface area contributed by atoms with Crippen LogP contribution in [0.25, 0.3) is 32.7 Å². The Kier molecular flexibility index (Phi) is 7.58. The van der Waals surface area contributed by atoms with Crippen LogP contribution in [0, 0.1) is 26.0 Å². The summed E-state index contributed by atoms with van der Waals surface area (Å²) >= 11 is 1.67. The van der Waals surface area contributed by atoms with Gasteiger partial charge in [0.2, 0.25) is 0 Å².